The highest BCUT2D eigenvalue weighted by atomic mass is 31.2. The normalized spacial score (nSPS) is 19.8. The molecule has 0 aliphatic carbocycles. The van der Waals surface area contributed by atoms with Gasteiger partial charge in [0.1, 0.15) is 52.5 Å². The Morgan fingerprint density at radius 1 is 0.899 bits per heavy atom. The van der Waals surface area contributed by atoms with E-state index < -0.39 is 78.6 Å². The van der Waals surface area contributed by atoms with E-state index in [9.17, 15) is 19.6 Å². The van der Waals surface area contributed by atoms with Crippen LogP contribution in [0.25, 0.3) is 0 Å². The van der Waals surface area contributed by atoms with Crippen molar-refractivity contribution >= 4 is 25.2 Å². The maximum Gasteiger partial charge on any atom is 0.351 e. The molecule has 3 heterocycles. The first kappa shape index (κ1) is 50.7. The van der Waals surface area contributed by atoms with Crippen LogP contribution >= 0.6 is 7.52 Å². The summed E-state index contributed by atoms with van der Waals surface area (Å²) in [6.07, 6.45) is -2.82. The number of carbonyl (C=O) groups excluding carboxylic acids is 2. The molecule has 69 heavy (non-hydrogen) atoms. The molecule has 2 saturated heterocycles. The van der Waals surface area contributed by atoms with E-state index in [1.165, 1.54) is 10.8 Å². The predicted octanol–water partition coefficient (Wildman–Crippen LogP) is 8.43. The molecule has 1 aromatic heterocycles. The lowest BCUT2D eigenvalue weighted by molar-refractivity contribution is -0.203. The first-order chi connectivity index (χ1) is 32.9. The van der Waals surface area contributed by atoms with Gasteiger partial charge in [-0.05, 0) is 102 Å². The van der Waals surface area contributed by atoms with E-state index in [-0.39, 0.29) is 25.5 Å². The zero-order valence-corrected chi connectivity index (χ0v) is 41.3. The maximum atomic E-state index is 15.9. The minimum absolute atomic E-state index is 0.0542. The molecule has 5 unspecified atom stereocenters. The number of anilines is 1. The fourth-order valence-corrected chi connectivity index (χ4v) is 12.0. The first-order valence-electron chi connectivity index (χ1n) is 22.8. The maximum absolute atomic E-state index is 15.9. The fourth-order valence-electron chi connectivity index (χ4n) is 9.21. The van der Waals surface area contributed by atoms with Gasteiger partial charge in [0.25, 0.3) is 13.4 Å². The second-order valence-electron chi connectivity index (χ2n) is 18.4. The molecular formula is C52H60N5O11P. The average Bonchev–Trinajstić information content (AvgIpc) is 3.80. The van der Waals surface area contributed by atoms with E-state index in [1.807, 2.05) is 113 Å². The summed E-state index contributed by atoms with van der Waals surface area (Å²) in [5.41, 5.74) is -1.88. The molecule has 0 saturated carbocycles. The van der Waals surface area contributed by atoms with E-state index in [2.05, 4.69) is 10.3 Å². The number of hydrogen-bond acceptors (Lipinski definition) is 13. The standard InChI is InChI=1S/C52H60N5O11P/c1-34(2)57(35(3)4)69(61,31-43(58)66-50(6,7)28-29-53)68-45-44-48(56-30-36(5)46(55-49(56)60)54-47(59)37-16-12-10-13-17-37)67-51(45,32-64-44)33-65-52(38-18-14-11-15-19-38,39-20-24-41(62-8)25-21-39)40-22-26-42(63-9)27-23-40/h10-27,30,34-35,44-45,48H,28,31-33H2,1-9H3,(H,54,55,59,60). The van der Waals surface area contributed by atoms with Crippen LogP contribution in [0.3, 0.4) is 0 Å². The van der Waals surface area contributed by atoms with Crippen molar-refractivity contribution in [1.29, 1.82) is 5.26 Å². The lowest BCUT2D eigenvalue weighted by Gasteiger charge is -2.42. The number of fused-ring (bicyclic) bond motifs is 2. The van der Waals surface area contributed by atoms with Gasteiger partial charge in [0.15, 0.2) is 6.23 Å². The molecule has 5 atom stereocenters. The number of amides is 1. The van der Waals surface area contributed by atoms with Gasteiger partial charge < -0.3 is 38.3 Å². The Bertz CT molecular complexity index is 2690. The highest BCUT2D eigenvalue weighted by Gasteiger charge is 2.66. The Hall–Kier alpha value is -6.18. The molecule has 16 nitrogen and oxygen atoms in total. The molecule has 1 N–H and O–H groups in total. The number of hydrogen-bond donors (Lipinski definition) is 1. The molecule has 2 aliphatic heterocycles. The van der Waals surface area contributed by atoms with Gasteiger partial charge in [0.05, 0.1) is 39.9 Å². The lowest BCUT2D eigenvalue weighted by atomic mass is 9.79. The summed E-state index contributed by atoms with van der Waals surface area (Å²) in [7, 11) is -1.12. The average molecular weight is 962 g/mol. The molecule has 5 aromatic rings. The van der Waals surface area contributed by atoms with Crippen molar-refractivity contribution in [2.45, 2.75) is 102 Å². The number of carbonyl (C=O) groups is 2. The molecule has 364 valence electrons. The van der Waals surface area contributed by atoms with Crippen LogP contribution in [0, 0.1) is 18.3 Å². The number of aromatic nitrogens is 2. The van der Waals surface area contributed by atoms with Crippen molar-refractivity contribution in [2.24, 2.45) is 0 Å². The Morgan fingerprint density at radius 3 is 1.99 bits per heavy atom. The molecule has 0 spiro atoms. The van der Waals surface area contributed by atoms with Crippen LogP contribution in [0.1, 0.15) is 86.8 Å². The molecule has 2 bridgehead atoms. The monoisotopic (exact) mass is 961 g/mol. The largest absolute Gasteiger partial charge is 0.497 e. The zero-order chi connectivity index (χ0) is 49.7. The van der Waals surface area contributed by atoms with Crippen LogP contribution in [0.2, 0.25) is 0 Å². The van der Waals surface area contributed by atoms with Crippen molar-refractivity contribution in [2.75, 3.05) is 38.9 Å². The molecule has 17 heteroatoms. The Kier molecular flexibility index (Phi) is 15.3. The number of nitriles is 1. The number of esters is 1. The van der Waals surface area contributed by atoms with Gasteiger partial charge in [-0.2, -0.15) is 10.2 Å². The van der Waals surface area contributed by atoms with Gasteiger partial charge in [-0.25, -0.2) is 9.46 Å². The number of aryl methyl sites for hydroxylation is 1. The number of nitrogens with zero attached hydrogens (tertiary/aromatic N) is 4. The van der Waals surface area contributed by atoms with E-state index in [0.29, 0.717) is 22.6 Å². The second kappa shape index (κ2) is 20.8. The van der Waals surface area contributed by atoms with Crippen LogP contribution in [0.4, 0.5) is 5.82 Å². The van der Waals surface area contributed by atoms with E-state index in [0.717, 1.165) is 16.7 Å². The Balaban J connectivity index is 1.36. The molecule has 2 fully saturated rings. The molecule has 4 aromatic carbocycles. The van der Waals surface area contributed by atoms with Crippen molar-refractivity contribution in [1.82, 2.24) is 14.2 Å². The summed E-state index contributed by atoms with van der Waals surface area (Å²) in [5, 5.41) is 12.2. The minimum Gasteiger partial charge on any atom is -0.497 e. The molecular weight excluding hydrogens is 902 g/mol. The number of methoxy groups -OCH3 is 2. The van der Waals surface area contributed by atoms with E-state index in [4.69, 9.17) is 32.9 Å². The molecule has 1 amide bonds. The quantitative estimate of drug-likeness (QED) is 0.0444. The predicted molar refractivity (Wildman–Crippen MR) is 258 cm³/mol. The van der Waals surface area contributed by atoms with Gasteiger partial charge in [0.2, 0.25) is 0 Å². The highest BCUT2D eigenvalue weighted by Crippen LogP contribution is 2.60. The second-order valence-corrected chi connectivity index (χ2v) is 20.6. The number of nitrogens with one attached hydrogen (secondary N) is 1. The fraction of sp³-hybridized carbons (Fsp3) is 0.404. The molecule has 0 radical (unpaired) electrons. The summed E-state index contributed by atoms with van der Waals surface area (Å²) in [6, 6.07) is 34.4. The SMILES string of the molecule is COc1ccc(C(OCC23COC(C(n4cc(C)c(NC(=O)c5ccccc5)nc4=O)O2)C3OP(=O)(CC(=O)OC(C)(C)CC#N)N(C(C)C)C(C)C)(c2ccccc2)c2ccc(OC)cc2)cc1. The van der Waals surface area contributed by atoms with Gasteiger partial charge in [-0.3, -0.25) is 18.7 Å². The summed E-state index contributed by atoms with van der Waals surface area (Å²) in [4.78, 5) is 45.6. The Labute approximate surface area is 402 Å². The van der Waals surface area contributed by atoms with Gasteiger partial charge in [-0.15, -0.1) is 0 Å². The highest BCUT2D eigenvalue weighted by molar-refractivity contribution is 7.57. The third kappa shape index (κ3) is 10.5. The van der Waals surface area contributed by atoms with Crippen LogP contribution in [-0.4, -0.2) is 95.2 Å². The number of rotatable bonds is 20. The number of ether oxygens (including phenoxy) is 6. The number of benzene rings is 4. The summed E-state index contributed by atoms with van der Waals surface area (Å²) < 4.78 is 63.7. The minimum atomic E-state index is -4.30. The summed E-state index contributed by atoms with van der Waals surface area (Å²) >= 11 is 0. The smallest absolute Gasteiger partial charge is 0.351 e. The van der Waals surface area contributed by atoms with Crippen molar-refractivity contribution < 1.29 is 47.1 Å². The van der Waals surface area contributed by atoms with Crippen molar-refractivity contribution in [3.8, 4) is 17.6 Å². The first-order valence-corrected chi connectivity index (χ1v) is 24.5. The van der Waals surface area contributed by atoms with Crippen molar-refractivity contribution in [3.63, 3.8) is 0 Å². The van der Waals surface area contributed by atoms with E-state index in [1.54, 1.807) is 70.0 Å². The van der Waals surface area contributed by atoms with Gasteiger partial charge in [-0.1, -0.05) is 72.8 Å². The van der Waals surface area contributed by atoms with E-state index >= 15 is 4.57 Å². The zero-order valence-electron chi connectivity index (χ0n) is 40.4. The lowest BCUT2D eigenvalue weighted by Crippen LogP contribution is -2.50. The van der Waals surface area contributed by atoms with Crippen LogP contribution in [-0.2, 0) is 38.4 Å². The third-order valence-corrected chi connectivity index (χ3v) is 15.1. The summed E-state index contributed by atoms with van der Waals surface area (Å²) in [6.45, 7) is 11.9. The topological polar surface area (TPSA) is 190 Å². The third-order valence-electron chi connectivity index (χ3n) is 12.3. The Morgan fingerprint density at radius 2 is 1.45 bits per heavy atom. The summed E-state index contributed by atoms with van der Waals surface area (Å²) in [5.74, 6) is 0.0280. The molecule has 7 rings (SSSR count). The molecule has 2 aliphatic rings. The van der Waals surface area contributed by atoms with Crippen LogP contribution in [0.15, 0.2) is 120 Å². The van der Waals surface area contributed by atoms with Crippen LogP contribution in [0.5, 0.6) is 11.5 Å². The van der Waals surface area contributed by atoms with Gasteiger partial charge >= 0.3 is 11.7 Å². The van der Waals surface area contributed by atoms with Crippen LogP contribution < -0.4 is 20.5 Å². The van der Waals surface area contributed by atoms with Gasteiger partial charge in [0, 0.05) is 29.4 Å². The van der Waals surface area contributed by atoms with Crippen molar-refractivity contribution in [3.05, 3.63) is 154 Å².